The van der Waals surface area contributed by atoms with Gasteiger partial charge >= 0.3 is 0 Å². The van der Waals surface area contributed by atoms with Crippen molar-refractivity contribution < 1.29 is 4.79 Å². The molecular weight excluding hydrogens is 312 g/mol. The van der Waals surface area contributed by atoms with E-state index < -0.39 is 0 Å². The molecule has 1 saturated carbocycles. The number of nitrogens with one attached hydrogen (secondary N) is 2. The lowest BCUT2D eigenvalue weighted by molar-refractivity contribution is 0.0933. The van der Waals surface area contributed by atoms with Crippen molar-refractivity contribution >= 4 is 23.5 Å². The zero-order valence-corrected chi connectivity index (χ0v) is 13.5. The van der Waals surface area contributed by atoms with Crippen molar-refractivity contribution in [3.8, 4) is 0 Å². The Balaban J connectivity index is 1.60. The van der Waals surface area contributed by atoms with E-state index in [2.05, 4.69) is 20.6 Å². The van der Waals surface area contributed by atoms with Gasteiger partial charge in [-0.25, -0.2) is 9.97 Å². The molecule has 0 unspecified atom stereocenters. The van der Waals surface area contributed by atoms with E-state index in [0.29, 0.717) is 23.2 Å². The van der Waals surface area contributed by atoms with Crippen LogP contribution in [0.15, 0.2) is 36.5 Å². The third-order valence-corrected chi connectivity index (χ3v) is 4.19. The summed E-state index contributed by atoms with van der Waals surface area (Å²) in [4.78, 5) is 20.7. The Kier molecular flexibility index (Phi) is 5.08. The van der Waals surface area contributed by atoms with Crippen molar-refractivity contribution in [1.29, 1.82) is 0 Å². The molecule has 0 spiro atoms. The van der Waals surface area contributed by atoms with Crippen LogP contribution in [0.5, 0.6) is 0 Å². The number of hydrogen-bond acceptors (Lipinski definition) is 4. The van der Waals surface area contributed by atoms with Gasteiger partial charge in [-0.05, 0) is 36.6 Å². The minimum Gasteiger partial charge on any atom is -0.350 e. The molecule has 5 nitrogen and oxygen atoms in total. The molecule has 1 amide bonds. The molecule has 120 valence electrons. The number of hydrogen-bond donors (Lipinski definition) is 2. The summed E-state index contributed by atoms with van der Waals surface area (Å²) in [5.74, 6) is 0.313. The zero-order chi connectivity index (χ0) is 16.1. The average molecular weight is 331 g/mol. The highest BCUT2D eigenvalue weighted by atomic mass is 35.5. The monoisotopic (exact) mass is 330 g/mol. The number of aromatic nitrogens is 2. The van der Waals surface area contributed by atoms with E-state index in [1.54, 1.807) is 12.3 Å². The highest BCUT2D eigenvalue weighted by Gasteiger charge is 2.18. The average Bonchev–Trinajstić information content (AvgIpc) is 3.07. The van der Waals surface area contributed by atoms with Crippen LogP contribution in [-0.2, 0) is 6.54 Å². The molecule has 1 aromatic heterocycles. The van der Waals surface area contributed by atoms with Gasteiger partial charge < -0.3 is 10.6 Å². The predicted molar refractivity (Wildman–Crippen MR) is 90.5 cm³/mol. The van der Waals surface area contributed by atoms with Crippen molar-refractivity contribution in [3.05, 3.63) is 52.8 Å². The van der Waals surface area contributed by atoms with Crippen molar-refractivity contribution in [1.82, 2.24) is 15.3 Å². The molecule has 1 aliphatic carbocycles. The Morgan fingerprint density at radius 2 is 1.91 bits per heavy atom. The fourth-order valence-corrected chi connectivity index (χ4v) is 2.81. The minimum absolute atomic E-state index is 0.131. The fraction of sp³-hybridized carbons (Fsp3) is 0.353. The largest absolute Gasteiger partial charge is 0.350 e. The van der Waals surface area contributed by atoms with E-state index in [9.17, 15) is 4.79 Å². The Bertz CT molecular complexity index is 669. The summed E-state index contributed by atoms with van der Waals surface area (Å²) in [6.07, 6.45) is 6.07. The molecule has 0 saturated heterocycles. The Morgan fingerprint density at radius 3 is 2.65 bits per heavy atom. The van der Waals surface area contributed by atoms with Crippen LogP contribution in [0.3, 0.4) is 0 Å². The molecule has 1 heterocycles. The van der Waals surface area contributed by atoms with Crippen molar-refractivity contribution in [2.24, 2.45) is 0 Å². The molecule has 2 aromatic rings. The number of carbonyl (C=O) groups is 1. The molecule has 0 radical (unpaired) electrons. The summed E-state index contributed by atoms with van der Waals surface area (Å²) in [6.45, 7) is 0.574. The van der Waals surface area contributed by atoms with Gasteiger partial charge in [-0.3, -0.25) is 4.79 Å². The van der Waals surface area contributed by atoms with Crippen LogP contribution < -0.4 is 10.6 Å². The van der Waals surface area contributed by atoms with Gasteiger partial charge in [-0.1, -0.05) is 36.6 Å². The molecule has 3 rings (SSSR count). The molecule has 2 N–H and O–H groups in total. The van der Waals surface area contributed by atoms with Crippen molar-refractivity contribution in [2.75, 3.05) is 5.32 Å². The summed E-state index contributed by atoms with van der Waals surface area (Å²) in [7, 11) is 0. The summed E-state index contributed by atoms with van der Waals surface area (Å²) in [5.41, 5.74) is 1.46. The second-order valence-corrected chi connectivity index (χ2v) is 6.14. The lowest BCUT2D eigenvalue weighted by atomic mass is 10.2. The van der Waals surface area contributed by atoms with Crippen LogP contribution in [0.2, 0.25) is 5.02 Å². The van der Waals surface area contributed by atoms with E-state index >= 15 is 0 Å². The molecule has 1 fully saturated rings. The fourth-order valence-electron chi connectivity index (χ4n) is 2.68. The molecule has 1 aromatic carbocycles. The van der Waals surface area contributed by atoms with Crippen molar-refractivity contribution in [2.45, 2.75) is 38.3 Å². The van der Waals surface area contributed by atoms with E-state index in [1.807, 2.05) is 24.3 Å². The SMILES string of the molecule is O=C(NC1CCCC1)c1ccnc(NCc2ccc(Cl)cc2)n1. The molecule has 0 atom stereocenters. The van der Waals surface area contributed by atoms with Gasteiger partial charge in [-0.2, -0.15) is 0 Å². The van der Waals surface area contributed by atoms with Crippen LogP contribution in [0.1, 0.15) is 41.7 Å². The summed E-state index contributed by atoms with van der Waals surface area (Å²) in [6, 6.07) is 9.47. The number of rotatable bonds is 5. The van der Waals surface area contributed by atoms with Crippen LogP contribution in [0.4, 0.5) is 5.95 Å². The number of nitrogens with zero attached hydrogens (tertiary/aromatic N) is 2. The molecular formula is C17H19ClN4O. The second kappa shape index (κ2) is 7.42. The van der Waals surface area contributed by atoms with Crippen LogP contribution in [0, 0.1) is 0 Å². The first kappa shape index (κ1) is 15.7. The Morgan fingerprint density at radius 1 is 1.17 bits per heavy atom. The quantitative estimate of drug-likeness (QED) is 0.881. The molecule has 23 heavy (non-hydrogen) atoms. The van der Waals surface area contributed by atoms with Gasteiger partial charge in [0.05, 0.1) is 0 Å². The van der Waals surface area contributed by atoms with Crippen molar-refractivity contribution in [3.63, 3.8) is 0 Å². The van der Waals surface area contributed by atoms with Gasteiger partial charge in [0.25, 0.3) is 5.91 Å². The van der Waals surface area contributed by atoms with Crippen LogP contribution in [-0.4, -0.2) is 21.9 Å². The summed E-state index contributed by atoms with van der Waals surface area (Å²) >= 11 is 5.86. The maximum atomic E-state index is 12.2. The van der Waals surface area contributed by atoms with E-state index in [-0.39, 0.29) is 11.9 Å². The Labute approximate surface area is 140 Å². The van der Waals surface area contributed by atoms with E-state index in [0.717, 1.165) is 18.4 Å². The van der Waals surface area contributed by atoms with Gasteiger partial charge in [0.1, 0.15) is 5.69 Å². The van der Waals surface area contributed by atoms with Gasteiger partial charge in [0.15, 0.2) is 0 Å². The van der Waals surface area contributed by atoms with E-state index in [1.165, 1.54) is 12.8 Å². The van der Waals surface area contributed by atoms with Crippen LogP contribution >= 0.6 is 11.6 Å². The highest BCUT2D eigenvalue weighted by molar-refractivity contribution is 6.30. The third kappa shape index (κ3) is 4.42. The summed E-state index contributed by atoms with van der Waals surface area (Å²) < 4.78 is 0. The molecule has 6 heteroatoms. The maximum absolute atomic E-state index is 12.2. The first-order chi connectivity index (χ1) is 11.2. The normalized spacial score (nSPS) is 14.7. The Hall–Kier alpha value is -2.14. The highest BCUT2D eigenvalue weighted by Crippen LogP contribution is 2.18. The second-order valence-electron chi connectivity index (χ2n) is 5.70. The standard InChI is InChI=1S/C17H19ClN4O/c18-13-7-5-12(6-8-13)11-20-17-19-10-9-15(22-17)16(23)21-14-3-1-2-4-14/h5-10,14H,1-4,11H2,(H,21,23)(H,19,20,22). The molecule has 0 bridgehead atoms. The number of amides is 1. The topological polar surface area (TPSA) is 66.9 Å². The maximum Gasteiger partial charge on any atom is 0.270 e. The molecule has 0 aliphatic heterocycles. The van der Waals surface area contributed by atoms with Gasteiger partial charge in [-0.15, -0.1) is 0 Å². The van der Waals surface area contributed by atoms with Crippen LogP contribution in [0.25, 0.3) is 0 Å². The number of anilines is 1. The lowest BCUT2D eigenvalue weighted by Gasteiger charge is -2.12. The first-order valence-electron chi connectivity index (χ1n) is 7.83. The third-order valence-electron chi connectivity index (χ3n) is 3.94. The predicted octanol–water partition coefficient (Wildman–Crippen LogP) is 3.41. The summed E-state index contributed by atoms with van der Waals surface area (Å²) in [5, 5.41) is 6.86. The number of benzene rings is 1. The number of carbonyl (C=O) groups excluding carboxylic acids is 1. The molecule has 1 aliphatic rings. The zero-order valence-electron chi connectivity index (χ0n) is 12.8. The van der Waals surface area contributed by atoms with E-state index in [4.69, 9.17) is 11.6 Å². The lowest BCUT2D eigenvalue weighted by Crippen LogP contribution is -2.33. The first-order valence-corrected chi connectivity index (χ1v) is 8.21. The van der Waals surface area contributed by atoms with Gasteiger partial charge in [0.2, 0.25) is 5.95 Å². The number of halogens is 1. The van der Waals surface area contributed by atoms with Gasteiger partial charge in [0, 0.05) is 23.8 Å². The minimum atomic E-state index is -0.131. The smallest absolute Gasteiger partial charge is 0.270 e.